The third-order valence-electron chi connectivity index (χ3n) is 1.68. The average molecular weight is 222 g/mol. The van der Waals surface area contributed by atoms with E-state index in [1.165, 1.54) is 0 Å². The van der Waals surface area contributed by atoms with E-state index in [4.69, 9.17) is 19.3 Å². The van der Waals surface area contributed by atoms with Crippen LogP contribution in [0.3, 0.4) is 0 Å². The van der Waals surface area contributed by atoms with Gasteiger partial charge in [-0.1, -0.05) is 0 Å². The Morgan fingerprint density at radius 3 is 1.87 bits per heavy atom. The molecule has 0 radical (unpaired) electrons. The normalized spacial score (nSPS) is 14.0. The minimum Gasteiger partial charge on any atom is -0.394 e. The quantitative estimate of drug-likeness (QED) is 0.708. The summed E-state index contributed by atoms with van der Waals surface area (Å²) in [4.78, 5) is 0. The molecule has 0 aliphatic carbocycles. The lowest BCUT2D eigenvalue weighted by Crippen LogP contribution is -2.21. The van der Waals surface area contributed by atoms with E-state index in [0.717, 1.165) is 13.2 Å². The molecular formula is C11H26O4. The van der Waals surface area contributed by atoms with Crippen molar-refractivity contribution in [2.45, 2.75) is 39.9 Å². The minimum atomic E-state index is -0.0856. The Kier molecular flexibility index (Phi) is 15.9. The van der Waals surface area contributed by atoms with Gasteiger partial charge in [-0.05, 0) is 27.7 Å². The monoisotopic (exact) mass is 222 g/mol. The van der Waals surface area contributed by atoms with Crippen LogP contribution in [0.15, 0.2) is 0 Å². The lowest BCUT2D eigenvalue weighted by molar-refractivity contribution is -0.0313. The van der Waals surface area contributed by atoms with Gasteiger partial charge in [0.25, 0.3) is 0 Å². The van der Waals surface area contributed by atoms with E-state index in [0.29, 0.717) is 6.61 Å². The second kappa shape index (κ2) is 13.8. The zero-order valence-corrected chi connectivity index (χ0v) is 10.7. The Hall–Kier alpha value is -0.160. The molecule has 0 fully saturated rings. The Morgan fingerprint density at radius 1 is 1.07 bits per heavy atom. The first-order chi connectivity index (χ1) is 7.12. The maximum Gasteiger partial charge on any atom is 0.0779 e. The number of hydrogen-bond donors (Lipinski definition) is 1. The molecular weight excluding hydrogens is 196 g/mol. The van der Waals surface area contributed by atoms with Crippen molar-refractivity contribution in [3.63, 3.8) is 0 Å². The fourth-order valence-electron chi connectivity index (χ4n) is 0.625. The van der Waals surface area contributed by atoms with Crippen LogP contribution in [0, 0.1) is 0 Å². The molecule has 2 atom stereocenters. The predicted octanol–water partition coefficient (Wildman–Crippen LogP) is 1.46. The van der Waals surface area contributed by atoms with E-state index in [1.54, 1.807) is 7.11 Å². The van der Waals surface area contributed by atoms with Gasteiger partial charge in [0.05, 0.1) is 25.4 Å². The fraction of sp³-hybridized carbons (Fsp3) is 1.00. The highest BCUT2D eigenvalue weighted by atomic mass is 16.5. The highest BCUT2D eigenvalue weighted by Gasteiger charge is 2.03. The Morgan fingerprint density at radius 2 is 1.60 bits per heavy atom. The summed E-state index contributed by atoms with van der Waals surface area (Å²) < 4.78 is 14.9. The van der Waals surface area contributed by atoms with Gasteiger partial charge in [-0.15, -0.1) is 0 Å². The maximum atomic E-state index is 8.55. The molecule has 4 nitrogen and oxygen atoms in total. The molecule has 0 heterocycles. The zero-order chi connectivity index (χ0) is 12.1. The highest BCUT2D eigenvalue weighted by molar-refractivity contribution is 4.49. The molecule has 94 valence electrons. The van der Waals surface area contributed by atoms with Gasteiger partial charge in [0.2, 0.25) is 0 Å². The molecule has 0 amide bonds. The number of aliphatic hydroxyl groups is 1. The topological polar surface area (TPSA) is 47.9 Å². The molecule has 0 aromatic rings. The molecule has 0 bridgehead atoms. The first-order valence-electron chi connectivity index (χ1n) is 5.45. The summed E-state index contributed by atoms with van der Waals surface area (Å²) in [5.74, 6) is 0. The van der Waals surface area contributed by atoms with Crippen LogP contribution in [-0.2, 0) is 14.2 Å². The van der Waals surface area contributed by atoms with E-state index < -0.39 is 0 Å². The molecule has 0 saturated carbocycles. The largest absolute Gasteiger partial charge is 0.394 e. The van der Waals surface area contributed by atoms with Gasteiger partial charge in [-0.25, -0.2) is 0 Å². The molecule has 0 aliphatic rings. The second-order valence-electron chi connectivity index (χ2n) is 3.15. The number of ether oxygens (including phenoxy) is 3. The summed E-state index contributed by atoms with van der Waals surface area (Å²) in [6, 6.07) is 0. The van der Waals surface area contributed by atoms with Crippen molar-refractivity contribution in [1.82, 2.24) is 0 Å². The summed E-state index contributed by atoms with van der Waals surface area (Å²) in [5, 5.41) is 8.55. The fourth-order valence-corrected chi connectivity index (χ4v) is 0.625. The van der Waals surface area contributed by atoms with E-state index in [-0.39, 0.29) is 18.8 Å². The number of hydrogen-bond acceptors (Lipinski definition) is 4. The molecule has 4 heteroatoms. The summed E-state index contributed by atoms with van der Waals surface area (Å²) in [7, 11) is 1.64. The summed E-state index contributed by atoms with van der Waals surface area (Å²) >= 11 is 0. The van der Waals surface area contributed by atoms with Crippen molar-refractivity contribution >= 4 is 0 Å². The van der Waals surface area contributed by atoms with Crippen LogP contribution in [0.1, 0.15) is 27.7 Å². The maximum absolute atomic E-state index is 8.55. The van der Waals surface area contributed by atoms with Gasteiger partial charge < -0.3 is 19.3 Å². The third kappa shape index (κ3) is 16.5. The van der Waals surface area contributed by atoms with E-state index in [1.807, 2.05) is 27.7 Å². The molecule has 1 N–H and O–H groups in total. The van der Waals surface area contributed by atoms with E-state index in [9.17, 15) is 0 Å². The molecule has 15 heavy (non-hydrogen) atoms. The van der Waals surface area contributed by atoms with Crippen LogP contribution >= 0.6 is 0 Å². The molecule has 0 aliphatic heterocycles. The number of methoxy groups -OCH3 is 1. The highest BCUT2D eigenvalue weighted by Crippen LogP contribution is 1.93. The van der Waals surface area contributed by atoms with Crippen molar-refractivity contribution in [2.24, 2.45) is 0 Å². The Bertz CT molecular complexity index is 96.8. The molecule has 0 aromatic carbocycles. The number of aliphatic hydroxyl groups excluding tert-OH is 1. The van der Waals surface area contributed by atoms with Gasteiger partial charge in [0, 0.05) is 20.3 Å². The van der Waals surface area contributed by atoms with E-state index >= 15 is 0 Å². The molecule has 0 spiro atoms. The van der Waals surface area contributed by atoms with Crippen LogP contribution in [0.25, 0.3) is 0 Å². The lowest BCUT2D eigenvalue weighted by Gasteiger charge is -2.13. The first kappa shape index (κ1) is 17.2. The van der Waals surface area contributed by atoms with Gasteiger partial charge in [0.1, 0.15) is 0 Å². The third-order valence-corrected chi connectivity index (χ3v) is 1.68. The summed E-state index contributed by atoms with van der Waals surface area (Å²) in [5.41, 5.74) is 0. The predicted molar refractivity (Wildman–Crippen MR) is 61.1 cm³/mol. The van der Waals surface area contributed by atoms with Gasteiger partial charge in [-0.2, -0.15) is 0 Å². The SMILES string of the molecule is CCOCC.COC(C)COC(C)CO. The smallest absolute Gasteiger partial charge is 0.0779 e. The van der Waals surface area contributed by atoms with Crippen molar-refractivity contribution in [1.29, 1.82) is 0 Å². The number of rotatable bonds is 7. The average Bonchev–Trinajstić information content (AvgIpc) is 2.27. The zero-order valence-electron chi connectivity index (χ0n) is 10.7. The van der Waals surface area contributed by atoms with Crippen LogP contribution in [0.2, 0.25) is 0 Å². The Balaban J connectivity index is 0. The van der Waals surface area contributed by atoms with Crippen molar-refractivity contribution < 1.29 is 19.3 Å². The van der Waals surface area contributed by atoms with E-state index in [2.05, 4.69) is 0 Å². The Labute approximate surface area is 93.5 Å². The van der Waals surface area contributed by atoms with Crippen LogP contribution in [0.4, 0.5) is 0 Å². The second-order valence-corrected chi connectivity index (χ2v) is 3.15. The van der Waals surface area contributed by atoms with Crippen LogP contribution in [0.5, 0.6) is 0 Å². The minimum absolute atomic E-state index is 0.0659. The van der Waals surface area contributed by atoms with Gasteiger partial charge >= 0.3 is 0 Å². The molecule has 0 rings (SSSR count). The van der Waals surface area contributed by atoms with Crippen LogP contribution in [-0.4, -0.2) is 50.9 Å². The lowest BCUT2D eigenvalue weighted by atomic mass is 10.4. The van der Waals surface area contributed by atoms with Crippen molar-refractivity contribution in [3.05, 3.63) is 0 Å². The van der Waals surface area contributed by atoms with Crippen molar-refractivity contribution in [2.75, 3.05) is 33.5 Å². The standard InChI is InChI=1S/C7H16O3.C4H10O/c1-6(4-8)10-5-7(2)9-3;1-3-5-4-2/h6-8H,4-5H2,1-3H3;3-4H2,1-2H3. The molecule has 2 unspecified atom stereocenters. The summed E-state index contributed by atoms with van der Waals surface area (Å²) in [6.45, 7) is 10.0. The molecule has 0 saturated heterocycles. The van der Waals surface area contributed by atoms with Crippen LogP contribution < -0.4 is 0 Å². The van der Waals surface area contributed by atoms with Crippen molar-refractivity contribution in [3.8, 4) is 0 Å². The first-order valence-corrected chi connectivity index (χ1v) is 5.45. The van der Waals surface area contributed by atoms with Gasteiger partial charge in [0.15, 0.2) is 0 Å². The van der Waals surface area contributed by atoms with Gasteiger partial charge in [-0.3, -0.25) is 0 Å². The summed E-state index contributed by atoms with van der Waals surface area (Å²) in [6.07, 6.45) is 0.0200. The molecule has 0 aromatic heterocycles.